The monoisotopic (exact) mass is 191 g/mol. The van der Waals surface area contributed by atoms with E-state index in [2.05, 4.69) is 32.2 Å². The molecule has 0 aliphatic rings. The summed E-state index contributed by atoms with van der Waals surface area (Å²) in [6.45, 7) is 8.12. The Hall–Kier alpha value is -1.27. The van der Waals surface area contributed by atoms with E-state index in [1.54, 1.807) is 0 Å². The van der Waals surface area contributed by atoms with Crippen LogP contribution in [-0.4, -0.2) is 16.7 Å². The van der Waals surface area contributed by atoms with Crippen molar-refractivity contribution in [2.24, 2.45) is 0 Å². The predicted molar refractivity (Wildman–Crippen MR) is 56.9 cm³/mol. The first-order valence-corrected chi connectivity index (χ1v) is 4.83. The Labute approximate surface area is 85.3 Å². The highest BCUT2D eigenvalue weighted by molar-refractivity contribution is 5.21. The fourth-order valence-electron chi connectivity index (χ4n) is 1.26. The lowest BCUT2D eigenvalue weighted by atomic mass is 10.1. The van der Waals surface area contributed by atoms with Crippen LogP contribution in [0, 0.1) is 11.3 Å². The van der Waals surface area contributed by atoms with E-state index in [1.807, 2.05) is 22.9 Å². The zero-order chi connectivity index (χ0) is 10.6. The molecule has 0 unspecified atom stereocenters. The van der Waals surface area contributed by atoms with Crippen molar-refractivity contribution in [2.45, 2.75) is 32.9 Å². The molecule has 1 rings (SSSR count). The number of hydrogen-bond acceptors (Lipinski definition) is 2. The highest BCUT2D eigenvalue weighted by atomic mass is 15.0. The standard InChI is InChI=1S/C11H17N3/c1-11(2,3)13-6-8-14-7-4-5-10(14)9-12/h4-5,7,13H,6,8H2,1-3H3. The molecule has 0 aromatic carbocycles. The largest absolute Gasteiger partial charge is 0.338 e. The molecule has 0 saturated carbocycles. The molecule has 0 aliphatic heterocycles. The van der Waals surface area contributed by atoms with Crippen molar-refractivity contribution in [3.63, 3.8) is 0 Å². The van der Waals surface area contributed by atoms with E-state index >= 15 is 0 Å². The maximum atomic E-state index is 8.78. The molecule has 1 aromatic heterocycles. The second kappa shape index (κ2) is 4.30. The number of hydrogen-bond donors (Lipinski definition) is 1. The second-order valence-electron chi connectivity index (χ2n) is 4.38. The third-order valence-corrected chi connectivity index (χ3v) is 1.95. The molecule has 0 atom stereocenters. The average Bonchev–Trinajstić information content (AvgIpc) is 2.49. The first-order valence-electron chi connectivity index (χ1n) is 4.83. The highest BCUT2D eigenvalue weighted by Gasteiger charge is 2.07. The van der Waals surface area contributed by atoms with Crippen LogP contribution in [0.1, 0.15) is 26.5 Å². The normalized spacial score (nSPS) is 11.3. The van der Waals surface area contributed by atoms with Gasteiger partial charge in [0.05, 0.1) is 0 Å². The maximum absolute atomic E-state index is 8.78. The number of nitrogens with zero attached hydrogens (tertiary/aromatic N) is 2. The van der Waals surface area contributed by atoms with Gasteiger partial charge in [-0.25, -0.2) is 0 Å². The lowest BCUT2D eigenvalue weighted by Gasteiger charge is -2.20. The van der Waals surface area contributed by atoms with E-state index < -0.39 is 0 Å². The zero-order valence-electron chi connectivity index (χ0n) is 9.04. The average molecular weight is 191 g/mol. The summed E-state index contributed by atoms with van der Waals surface area (Å²) < 4.78 is 1.96. The van der Waals surface area contributed by atoms with Gasteiger partial charge in [0.1, 0.15) is 11.8 Å². The minimum absolute atomic E-state index is 0.139. The molecular formula is C11H17N3. The van der Waals surface area contributed by atoms with Gasteiger partial charge in [-0.2, -0.15) is 5.26 Å². The quantitative estimate of drug-likeness (QED) is 0.790. The van der Waals surface area contributed by atoms with Crippen LogP contribution in [0.5, 0.6) is 0 Å². The molecule has 3 nitrogen and oxygen atoms in total. The van der Waals surface area contributed by atoms with E-state index in [0.717, 1.165) is 18.8 Å². The van der Waals surface area contributed by atoms with E-state index in [0.29, 0.717) is 0 Å². The third kappa shape index (κ3) is 3.23. The van der Waals surface area contributed by atoms with Crippen LogP contribution in [0.3, 0.4) is 0 Å². The van der Waals surface area contributed by atoms with Crippen molar-refractivity contribution in [3.8, 4) is 6.07 Å². The van der Waals surface area contributed by atoms with Crippen LogP contribution < -0.4 is 5.32 Å². The smallest absolute Gasteiger partial charge is 0.120 e. The summed E-state index contributed by atoms with van der Waals surface area (Å²) in [7, 11) is 0. The fraction of sp³-hybridized carbons (Fsp3) is 0.545. The van der Waals surface area contributed by atoms with E-state index in [1.165, 1.54) is 0 Å². The summed E-state index contributed by atoms with van der Waals surface area (Å²) in [5, 5.41) is 12.2. The second-order valence-corrected chi connectivity index (χ2v) is 4.38. The van der Waals surface area contributed by atoms with E-state index in [9.17, 15) is 0 Å². The molecule has 0 aliphatic carbocycles. The third-order valence-electron chi connectivity index (χ3n) is 1.95. The summed E-state index contributed by atoms with van der Waals surface area (Å²) in [5.41, 5.74) is 0.862. The molecule has 0 bridgehead atoms. The number of nitriles is 1. The summed E-state index contributed by atoms with van der Waals surface area (Å²) in [5.74, 6) is 0. The van der Waals surface area contributed by atoms with Crippen molar-refractivity contribution < 1.29 is 0 Å². The summed E-state index contributed by atoms with van der Waals surface area (Å²) in [6, 6.07) is 5.89. The summed E-state index contributed by atoms with van der Waals surface area (Å²) >= 11 is 0. The Morgan fingerprint density at radius 1 is 1.50 bits per heavy atom. The molecule has 14 heavy (non-hydrogen) atoms. The van der Waals surface area contributed by atoms with Gasteiger partial charge in [0.25, 0.3) is 0 Å². The van der Waals surface area contributed by atoms with Gasteiger partial charge in [0, 0.05) is 24.8 Å². The Morgan fingerprint density at radius 3 is 2.79 bits per heavy atom. The van der Waals surface area contributed by atoms with Crippen LogP contribution in [0.4, 0.5) is 0 Å². The van der Waals surface area contributed by atoms with Gasteiger partial charge in [-0.3, -0.25) is 0 Å². The van der Waals surface area contributed by atoms with Gasteiger partial charge in [-0.15, -0.1) is 0 Å². The lowest BCUT2D eigenvalue weighted by molar-refractivity contribution is 0.412. The Morgan fingerprint density at radius 2 is 2.21 bits per heavy atom. The minimum atomic E-state index is 0.139. The van der Waals surface area contributed by atoms with Gasteiger partial charge in [-0.05, 0) is 32.9 Å². The number of nitrogens with one attached hydrogen (secondary N) is 1. The lowest BCUT2D eigenvalue weighted by Crippen LogP contribution is -2.37. The number of aromatic nitrogens is 1. The Balaban J connectivity index is 2.43. The van der Waals surface area contributed by atoms with Crippen LogP contribution >= 0.6 is 0 Å². The molecule has 76 valence electrons. The number of rotatable bonds is 3. The molecule has 0 amide bonds. The van der Waals surface area contributed by atoms with Crippen molar-refractivity contribution in [1.82, 2.24) is 9.88 Å². The van der Waals surface area contributed by atoms with Gasteiger partial charge >= 0.3 is 0 Å². The molecular weight excluding hydrogens is 174 g/mol. The van der Waals surface area contributed by atoms with E-state index in [4.69, 9.17) is 5.26 Å². The van der Waals surface area contributed by atoms with Gasteiger partial charge in [-0.1, -0.05) is 0 Å². The van der Waals surface area contributed by atoms with Gasteiger partial charge in [0.15, 0.2) is 0 Å². The van der Waals surface area contributed by atoms with Crippen LogP contribution in [-0.2, 0) is 6.54 Å². The topological polar surface area (TPSA) is 40.8 Å². The van der Waals surface area contributed by atoms with Crippen LogP contribution in [0.2, 0.25) is 0 Å². The summed E-state index contributed by atoms with van der Waals surface area (Å²) in [4.78, 5) is 0. The van der Waals surface area contributed by atoms with Crippen molar-refractivity contribution in [3.05, 3.63) is 24.0 Å². The first-order chi connectivity index (χ1) is 6.53. The van der Waals surface area contributed by atoms with E-state index in [-0.39, 0.29) is 5.54 Å². The van der Waals surface area contributed by atoms with Crippen LogP contribution in [0.15, 0.2) is 18.3 Å². The fourth-order valence-corrected chi connectivity index (χ4v) is 1.26. The molecule has 1 N–H and O–H groups in total. The van der Waals surface area contributed by atoms with Crippen molar-refractivity contribution in [2.75, 3.05) is 6.54 Å². The Kier molecular flexibility index (Phi) is 3.32. The Bertz CT molecular complexity index is 325. The predicted octanol–water partition coefficient (Wildman–Crippen LogP) is 1.75. The molecule has 0 saturated heterocycles. The molecule has 0 spiro atoms. The highest BCUT2D eigenvalue weighted by Crippen LogP contribution is 2.01. The van der Waals surface area contributed by atoms with Crippen molar-refractivity contribution in [1.29, 1.82) is 5.26 Å². The molecule has 0 fully saturated rings. The SMILES string of the molecule is CC(C)(C)NCCn1cccc1C#N. The molecule has 0 radical (unpaired) electrons. The molecule has 3 heteroatoms. The van der Waals surface area contributed by atoms with Gasteiger partial charge in [0.2, 0.25) is 0 Å². The first kappa shape index (κ1) is 10.8. The molecule has 1 aromatic rings. The van der Waals surface area contributed by atoms with Crippen molar-refractivity contribution >= 4 is 0 Å². The molecule has 1 heterocycles. The van der Waals surface area contributed by atoms with Crippen LogP contribution in [0.25, 0.3) is 0 Å². The summed E-state index contributed by atoms with van der Waals surface area (Å²) in [6.07, 6.45) is 1.93. The minimum Gasteiger partial charge on any atom is -0.338 e. The van der Waals surface area contributed by atoms with Gasteiger partial charge < -0.3 is 9.88 Å². The zero-order valence-corrected chi connectivity index (χ0v) is 9.04. The maximum Gasteiger partial charge on any atom is 0.120 e.